The molecule has 0 spiro atoms. The molecule has 0 saturated carbocycles. The van der Waals surface area contributed by atoms with Crippen LogP contribution in [0.5, 0.6) is 0 Å². The fourth-order valence-electron chi connectivity index (χ4n) is 0. The van der Waals surface area contributed by atoms with E-state index >= 15 is 0 Å². The predicted octanol–water partition coefficient (Wildman–Crippen LogP) is 1.23. The molecule has 0 aromatic rings. The molecule has 0 heterocycles. The van der Waals surface area contributed by atoms with Crippen LogP contribution in [0.1, 0.15) is 13.3 Å². The van der Waals surface area contributed by atoms with Gasteiger partial charge in [-0.1, -0.05) is 6.92 Å². The van der Waals surface area contributed by atoms with E-state index in [2.05, 4.69) is 6.92 Å². The van der Waals surface area contributed by atoms with E-state index in [1.165, 1.54) is 0 Å². The second-order valence-corrected chi connectivity index (χ2v) is 0.500. The van der Waals surface area contributed by atoms with Gasteiger partial charge in [0.15, 0.2) is 0 Å². The van der Waals surface area contributed by atoms with Gasteiger partial charge in [-0.2, -0.15) is 6.42 Å². The molecule has 25 valence electrons. The van der Waals surface area contributed by atoms with Gasteiger partial charge in [0.1, 0.15) is 0 Å². The molecule has 1 radical (unpaired) electrons. The summed E-state index contributed by atoms with van der Waals surface area (Å²) in [7, 11) is 0. The maximum atomic E-state index is 3.49. The van der Waals surface area contributed by atoms with Crippen molar-refractivity contribution in [1.29, 1.82) is 0 Å². The average Bonchev–Trinajstić information content (AvgIpc) is 0.918. The first kappa shape index (κ1) is 8.83. The molecule has 0 atom stereocenters. The van der Waals surface area contributed by atoms with E-state index in [1.54, 1.807) is 0 Å². The molecular weight excluding hydrogens is 129 g/mol. The number of rotatable bonds is 0. The fraction of sp³-hybridized carbons (Fsp3) is 0.667. The van der Waals surface area contributed by atoms with E-state index in [1.807, 2.05) is 6.92 Å². The van der Waals surface area contributed by atoms with E-state index < -0.39 is 0 Å². The van der Waals surface area contributed by atoms with Crippen molar-refractivity contribution in [3.05, 3.63) is 6.92 Å². The number of hydrogen-bond donors (Lipinski definition) is 0. The summed E-state index contributed by atoms with van der Waals surface area (Å²) in [6.45, 7) is 5.50. The van der Waals surface area contributed by atoms with Gasteiger partial charge in [-0.3, -0.25) is 0 Å². The minimum absolute atomic E-state index is 0. The normalized spacial score (nSPS) is 4.50. The molecule has 0 bridgehead atoms. The second-order valence-electron chi connectivity index (χ2n) is 0.500. The molecule has 0 fully saturated rings. The van der Waals surface area contributed by atoms with Crippen molar-refractivity contribution < 1.29 is 22.4 Å². The van der Waals surface area contributed by atoms with Crippen LogP contribution in [0.25, 0.3) is 0 Å². The summed E-state index contributed by atoms with van der Waals surface area (Å²) in [5.74, 6) is 0. The average molecular weight is 136 g/mol. The second kappa shape index (κ2) is 9.27. The van der Waals surface area contributed by atoms with Crippen LogP contribution in [0.15, 0.2) is 0 Å². The van der Waals surface area contributed by atoms with Gasteiger partial charge in [0, 0.05) is 22.4 Å². The minimum Gasteiger partial charge on any atom is -0.344 e. The van der Waals surface area contributed by atoms with E-state index in [-0.39, 0.29) is 22.4 Å². The zero-order valence-electron chi connectivity index (χ0n) is 2.86. The molecule has 0 amide bonds. The van der Waals surface area contributed by atoms with Gasteiger partial charge in [0.05, 0.1) is 0 Å². The van der Waals surface area contributed by atoms with Crippen molar-refractivity contribution in [2.45, 2.75) is 13.3 Å². The molecule has 0 saturated heterocycles. The summed E-state index contributed by atoms with van der Waals surface area (Å²) >= 11 is 0. The Labute approximate surface area is 43.1 Å². The smallest absolute Gasteiger partial charge is 0 e. The van der Waals surface area contributed by atoms with E-state index in [0.717, 1.165) is 6.42 Å². The molecule has 0 aliphatic rings. The quantitative estimate of drug-likeness (QED) is 0.347. The van der Waals surface area contributed by atoms with Crippen molar-refractivity contribution >= 4 is 0 Å². The summed E-state index contributed by atoms with van der Waals surface area (Å²) in [6.07, 6.45) is 1.00. The first-order valence-electron chi connectivity index (χ1n) is 1.21. The van der Waals surface area contributed by atoms with Gasteiger partial charge in [0.2, 0.25) is 0 Å². The molecule has 0 nitrogen and oxygen atoms in total. The standard InChI is InChI=1S/C3H7.Nb/c1-3-2;/h1,3H2,2H3;/q-1;. The van der Waals surface area contributed by atoms with Crippen LogP contribution < -0.4 is 0 Å². The van der Waals surface area contributed by atoms with Crippen LogP contribution in [-0.2, 0) is 22.4 Å². The third-order valence-corrected chi connectivity index (χ3v) is 0. The molecule has 0 aliphatic carbocycles. The third-order valence-electron chi connectivity index (χ3n) is 0. The van der Waals surface area contributed by atoms with Gasteiger partial charge < -0.3 is 6.92 Å². The Kier molecular flexibility index (Phi) is 20.5. The largest absolute Gasteiger partial charge is 0.344 e. The summed E-state index contributed by atoms with van der Waals surface area (Å²) in [5.41, 5.74) is 0. The molecule has 0 unspecified atom stereocenters. The maximum absolute atomic E-state index is 3.49. The van der Waals surface area contributed by atoms with Crippen LogP contribution in [0.3, 0.4) is 0 Å². The molecule has 0 rings (SSSR count). The molecule has 0 N–H and O–H groups in total. The van der Waals surface area contributed by atoms with Crippen LogP contribution in [-0.4, -0.2) is 0 Å². The first-order valence-corrected chi connectivity index (χ1v) is 1.21. The van der Waals surface area contributed by atoms with E-state index in [4.69, 9.17) is 0 Å². The van der Waals surface area contributed by atoms with Crippen molar-refractivity contribution in [1.82, 2.24) is 0 Å². The van der Waals surface area contributed by atoms with Crippen molar-refractivity contribution in [2.75, 3.05) is 0 Å². The fourth-order valence-corrected chi connectivity index (χ4v) is 0. The van der Waals surface area contributed by atoms with Crippen LogP contribution in [0, 0.1) is 6.92 Å². The molecule has 1 heteroatoms. The van der Waals surface area contributed by atoms with E-state index in [9.17, 15) is 0 Å². The molecule has 4 heavy (non-hydrogen) atoms. The zero-order valence-corrected chi connectivity index (χ0v) is 5.06. The Morgan fingerprint density at radius 1 is 1.75 bits per heavy atom. The van der Waals surface area contributed by atoms with Gasteiger partial charge in [-0.15, -0.1) is 0 Å². The Morgan fingerprint density at radius 2 is 1.75 bits per heavy atom. The molecule has 0 aliphatic heterocycles. The minimum atomic E-state index is 0. The van der Waals surface area contributed by atoms with Gasteiger partial charge in [0.25, 0.3) is 0 Å². The van der Waals surface area contributed by atoms with Crippen LogP contribution in [0.2, 0.25) is 0 Å². The predicted molar refractivity (Wildman–Crippen MR) is 15.6 cm³/mol. The molecule has 0 aromatic heterocycles. The Morgan fingerprint density at radius 3 is 1.75 bits per heavy atom. The molecule has 0 aromatic carbocycles. The van der Waals surface area contributed by atoms with Crippen molar-refractivity contribution in [2.24, 2.45) is 0 Å². The topological polar surface area (TPSA) is 0 Å². The summed E-state index contributed by atoms with van der Waals surface area (Å²) in [6, 6.07) is 0. The maximum Gasteiger partial charge on any atom is 0 e. The Bertz CT molecular complexity index is 3.25. The Hall–Kier alpha value is 0.740. The van der Waals surface area contributed by atoms with Gasteiger partial charge in [-0.05, 0) is 0 Å². The van der Waals surface area contributed by atoms with Crippen LogP contribution in [0.4, 0.5) is 0 Å². The summed E-state index contributed by atoms with van der Waals surface area (Å²) < 4.78 is 0. The zero-order chi connectivity index (χ0) is 2.71. The first-order chi connectivity index (χ1) is 1.41. The summed E-state index contributed by atoms with van der Waals surface area (Å²) in [4.78, 5) is 0. The van der Waals surface area contributed by atoms with Crippen molar-refractivity contribution in [3.8, 4) is 0 Å². The third kappa shape index (κ3) is 15.1. The SMILES string of the molecule is [CH2-]CC.[Nb]. The van der Waals surface area contributed by atoms with Crippen LogP contribution >= 0.6 is 0 Å². The van der Waals surface area contributed by atoms with Gasteiger partial charge in [-0.25, -0.2) is 0 Å². The summed E-state index contributed by atoms with van der Waals surface area (Å²) in [5, 5.41) is 0. The van der Waals surface area contributed by atoms with Crippen molar-refractivity contribution in [3.63, 3.8) is 0 Å². The van der Waals surface area contributed by atoms with Gasteiger partial charge >= 0.3 is 0 Å². The van der Waals surface area contributed by atoms with E-state index in [0.29, 0.717) is 0 Å². The Balaban J connectivity index is 0. The monoisotopic (exact) mass is 136 g/mol. The molecular formula is C3H7Nb-. The number of hydrogen-bond acceptors (Lipinski definition) is 0.